The minimum absolute atomic E-state index is 0.0965. The molecule has 3 heterocycles. The molecule has 0 unspecified atom stereocenters. The second kappa shape index (κ2) is 8.30. The number of carbonyl (C=O) groups excluding carboxylic acids is 1. The van der Waals surface area contributed by atoms with Crippen LogP contribution in [0.3, 0.4) is 0 Å². The first-order valence-corrected chi connectivity index (χ1v) is 9.51. The Labute approximate surface area is 168 Å². The number of nitrogens with zero attached hydrogens (tertiary/aromatic N) is 4. The van der Waals surface area contributed by atoms with Crippen molar-refractivity contribution in [2.45, 2.75) is 13.5 Å². The second-order valence-corrected chi connectivity index (χ2v) is 6.86. The number of piperazine rings is 1. The zero-order valence-electron chi connectivity index (χ0n) is 16.1. The van der Waals surface area contributed by atoms with Crippen LogP contribution < -0.4 is 10.2 Å². The number of aryl methyl sites for hydroxylation is 1. The molecule has 0 bridgehead atoms. The first-order valence-electron chi connectivity index (χ1n) is 9.51. The van der Waals surface area contributed by atoms with Gasteiger partial charge in [0, 0.05) is 44.4 Å². The minimum Gasteiger partial charge on any atom is -0.459 e. The summed E-state index contributed by atoms with van der Waals surface area (Å²) in [5.74, 6) is 2.08. The molecular weight excluding hydrogens is 373 g/mol. The van der Waals surface area contributed by atoms with E-state index in [1.807, 2.05) is 13.0 Å². The predicted molar refractivity (Wildman–Crippen MR) is 107 cm³/mol. The van der Waals surface area contributed by atoms with Crippen LogP contribution in [0.1, 0.15) is 21.9 Å². The van der Waals surface area contributed by atoms with Gasteiger partial charge in [0.15, 0.2) is 5.76 Å². The highest BCUT2D eigenvalue weighted by Gasteiger charge is 2.24. The number of rotatable bonds is 5. The summed E-state index contributed by atoms with van der Waals surface area (Å²) in [4.78, 5) is 25.2. The molecule has 29 heavy (non-hydrogen) atoms. The number of nitrogens with one attached hydrogen (secondary N) is 1. The van der Waals surface area contributed by atoms with E-state index in [1.54, 1.807) is 35.2 Å². The molecule has 0 saturated carbocycles. The van der Waals surface area contributed by atoms with Gasteiger partial charge in [-0.15, -0.1) is 0 Å². The van der Waals surface area contributed by atoms with Crippen molar-refractivity contribution in [1.29, 1.82) is 0 Å². The maximum atomic E-state index is 13.8. The van der Waals surface area contributed by atoms with Gasteiger partial charge in [0.1, 0.15) is 23.3 Å². The summed E-state index contributed by atoms with van der Waals surface area (Å²) in [5, 5.41) is 3.17. The molecule has 0 spiro atoms. The van der Waals surface area contributed by atoms with Crippen molar-refractivity contribution in [1.82, 2.24) is 14.9 Å². The van der Waals surface area contributed by atoms with Crippen LogP contribution in [0.5, 0.6) is 0 Å². The van der Waals surface area contributed by atoms with E-state index < -0.39 is 0 Å². The summed E-state index contributed by atoms with van der Waals surface area (Å²) >= 11 is 0. The molecule has 1 saturated heterocycles. The average Bonchev–Trinajstić information content (AvgIpc) is 3.27. The molecule has 1 N–H and O–H groups in total. The Morgan fingerprint density at radius 1 is 1.14 bits per heavy atom. The van der Waals surface area contributed by atoms with Gasteiger partial charge in [-0.1, -0.05) is 18.2 Å². The molecule has 1 aromatic carbocycles. The van der Waals surface area contributed by atoms with Crippen molar-refractivity contribution in [3.05, 3.63) is 71.7 Å². The lowest BCUT2D eigenvalue weighted by molar-refractivity contribution is 0.0714. The molecule has 3 aromatic rings. The molecule has 1 fully saturated rings. The Morgan fingerprint density at radius 2 is 1.93 bits per heavy atom. The van der Waals surface area contributed by atoms with Crippen LogP contribution in [-0.4, -0.2) is 47.0 Å². The number of halogens is 1. The first kappa shape index (κ1) is 18.9. The quantitative estimate of drug-likeness (QED) is 0.716. The fraction of sp³-hybridized carbons (Fsp3) is 0.286. The molecule has 0 aliphatic carbocycles. The molecule has 2 aromatic heterocycles. The molecule has 1 aliphatic heterocycles. The maximum absolute atomic E-state index is 13.8. The highest BCUT2D eigenvalue weighted by molar-refractivity contribution is 5.91. The number of aromatic nitrogens is 2. The summed E-state index contributed by atoms with van der Waals surface area (Å²) in [6.07, 6.45) is 1.50. The molecule has 4 rings (SSSR count). The van der Waals surface area contributed by atoms with Gasteiger partial charge in [-0.25, -0.2) is 14.4 Å². The van der Waals surface area contributed by atoms with E-state index in [4.69, 9.17) is 4.42 Å². The Bertz CT molecular complexity index is 984. The summed E-state index contributed by atoms with van der Waals surface area (Å²) in [7, 11) is 0. The lowest BCUT2D eigenvalue weighted by Gasteiger charge is -2.35. The van der Waals surface area contributed by atoms with Gasteiger partial charge < -0.3 is 19.5 Å². The molecular formula is C21H22FN5O2. The zero-order valence-corrected chi connectivity index (χ0v) is 16.1. The summed E-state index contributed by atoms with van der Waals surface area (Å²) in [6, 6.07) is 11.9. The number of carbonyl (C=O) groups is 1. The Morgan fingerprint density at radius 3 is 2.66 bits per heavy atom. The van der Waals surface area contributed by atoms with Crippen molar-refractivity contribution < 1.29 is 13.6 Å². The number of hydrogen-bond acceptors (Lipinski definition) is 6. The van der Waals surface area contributed by atoms with Crippen LogP contribution in [0.4, 0.5) is 16.0 Å². The van der Waals surface area contributed by atoms with Crippen LogP contribution in [0.15, 0.2) is 53.1 Å². The minimum atomic E-state index is -0.247. The van der Waals surface area contributed by atoms with Crippen molar-refractivity contribution in [3.63, 3.8) is 0 Å². The van der Waals surface area contributed by atoms with Crippen molar-refractivity contribution in [2.75, 3.05) is 36.4 Å². The van der Waals surface area contributed by atoms with Crippen LogP contribution in [0.25, 0.3) is 0 Å². The molecule has 7 nitrogen and oxygen atoms in total. The van der Waals surface area contributed by atoms with Gasteiger partial charge >= 0.3 is 0 Å². The molecule has 0 atom stereocenters. The van der Waals surface area contributed by atoms with Gasteiger partial charge in [0.25, 0.3) is 5.91 Å². The maximum Gasteiger partial charge on any atom is 0.289 e. The number of benzene rings is 1. The van der Waals surface area contributed by atoms with Gasteiger partial charge in [0.2, 0.25) is 0 Å². The molecule has 150 valence electrons. The first-order chi connectivity index (χ1) is 14.1. The standard InChI is InChI=1S/C21H22FN5O2/c1-15-24-19(23-14-16-5-2-3-6-17(16)22)13-20(25-15)26-8-10-27(11-9-26)21(28)18-7-4-12-29-18/h2-7,12-13H,8-11,14H2,1H3,(H,23,24,25). The molecule has 8 heteroatoms. The van der Waals surface area contributed by atoms with Crippen LogP contribution in [0.2, 0.25) is 0 Å². The number of hydrogen-bond donors (Lipinski definition) is 1. The average molecular weight is 395 g/mol. The van der Waals surface area contributed by atoms with E-state index in [-0.39, 0.29) is 11.7 Å². The van der Waals surface area contributed by atoms with E-state index in [9.17, 15) is 9.18 Å². The summed E-state index contributed by atoms with van der Waals surface area (Å²) < 4.78 is 19.0. The Kier molecular flexibility index (Phi) is 5.41. The predicted octanol–water partition coefficient (Wildman–Crippen LogP) is 3.09. The Balaban J connectivity index is 1.40. The SMILES string of the molecule is Cc1nc(NCc2ccccc2F)cc(N2CCN(C(=O)c3ccco3)CC2)n1. The van der Waals surface area contributed by atoms with Crippen molar-refractivity contribution in [3.8, 4) is 0 Å². The zero-order chi connectivity index (χ0) is 20.2. The van der Waals surface area contributed by atoms with E-state index in [1.165, 1.54) is 12.3 Å². The third kappa shape index (κ3) is 4.37. The molecule has 1 aliphatic rings. The third-order valence-corrected chi connectivity index (χ3v) is 4.87. The van der Waals surface area contributed by atoms with Crippen molar-refractivity contribution in [2.24, 2.45) is 0 Å². The fourth-order valence-corrected chi connectivity index (χ4v) is 3.33. The van der Waals surface area contributed by atoms with Crippen LogP contribution in [-0.2, 0) is 6.54 Å². The number of anilines is 2. The molecule has 1 amide bonds. The number of furan rings is 1. The lowest BCUT2D eigenvalue weighted by Crippen LogP contribution is -2.49. The topological polar surface area (TPSA) is 74.5 Å². The smallest absolute Gasteiger partial charge is 0.289 e. The highest BCUT2D eigenvalue weighted by atomic mass is 19.1. The van der Waals surface area contributed by atoms with Crippen LogP contribution in [0, 0.1) is 12.7 Å². The summed E-state index contributed by atoms with van der Waals surface area (Å²) in [6.45, 7) is 4.66. The van der Waals surface area contributed by atoms with Crippen LogP contribution >= 0.6 is 0 Å². The highest BCUT2D eigenvalue weighted by Crippen LogP contribution is 2.19. The van der Waals surface area contributed by atoms with E-state index >= 15 is 0 Å². The Hall–Kier alpha value is -3.42. The van der Waals surface area contributed by atoms with Crippen molar-refractivity contribution >= 4 is 17.5 Å². The van der Waals surface area contributed by atoms with E-state index in [2.05, 4.69) is 20.2 Å². The third-order valence-electron chi connectivity index (χ3n) is 4.87. The summed E-state index contributed by atoms with van der Waals surface area (Å²) in [5.41, 5.74) is 0.579. The van der Waals surface area contributed by atoms with E-state index in [0.29, 0.717) is 55.7 Å². The van der Waals surface area contributed by atoms with Gasteiger partial charge in [-0.05, 0) is 25.1 Å². The lowest BCUT2D eigenvalue weighted by atomic mass is 10.2. The normalized spacial score (nSPS) is 14.1. The van der Waals surface area contributed by atoms with Gasteiger partial charge in [-0.2, -0.15) is 0 Å². The second-order valence-electron chi connectivity index (χ2n) is 6.86. The van der Waals surface area contributed by atoms with Gasteiger partial charge in [0.05, 0.1) is 6.26 Å². The number of amides is 1. The van der Waals surface area contributed by atoms with E-state index in [0.717, 1.165) is 5.82 Å². The monoisotopic (exact) mass is 395 g/mol. The van der Waals surface area contributed by atoms with Gasteiger partial charge in [-0.3, -0.25) is 4.79 Å². The molecule has 0 radical (unpaired) electrons. The fourth-order valence-electron chi connectivity index (χ4n) is 3.33. The largest absolute Gasteiger partial charge is 0.459 e.